The number of piperidine rings is 1. The van der Waals surface area contributed by atoms with Crippen molar-refractivity contribution in [3.05, 3.63) is 23.8 Å². The van der Waals surface area contributed by atoms with Crippen LogP contribution in [0.15, 0.2) is 18.2 Å². The van der Waals surface area contributed by atoms with Crippen molar-refractivity contribution in [3.8, 4) is 11.5 Å². The fourth-order valence-corrected chi connectivity index (χ4v) is 3.39. The molecule has 2 aliphatic heterocycles. The van der Waals surface area contributed by atoms with Crippen molar-refractivity contribution >= 4 is 5.91 Å². The zero-order valence-corrected chi connectivity index (χ0v) is 13.8. The molecule has 1 N–H and O–H groups in total. The summed E-state index contributed by atoms with van der Waals surface area (Å²) >= 11 is 0. The Morgan fingerprint density at radius 1 is 1.35 bits per heavy atom. The summed E-state index contributed by atoms with van der Waals surface area (Å²) in [7, 11) is 0. The van der Waals surface area contributed by atoms with Crippen LogP contribution in [0.25, 0.3) is 0 Å². The van der Waals surface area contributed by atoms with Crippen molar-refractivity contribution in [1.82, 2.24) is 10.2 Å². The van der Waals surface area contributed by atoms with Crippen LogP contribution >= 0.6 is 0 Å². The van der Waals surface area contributed by atoms with Gasteiger partial charge in [0.2, 0.25) is 12.7 Å². The van der Waals surface area contributed by atoms with Gasteiger partial charge in [-0.15, -0.1) is 0 Å². The minimum atomic E-state index is 0.0801. The number of rotatable bonds is 6. The second kappa shape index (κ2) is 7.68. The van der Waals surface area contributed by atoms with Crippen molar-refractivity contribution in [2.24, 2.45) is 5.92 Å². The van der Waals surface area contributed by atoms with Crippen LogP contribution in [0.2, 0.25) is 0 Å². The van der Waals surface area contributed by atoms with E-state index in [0.717, 1.165) is 30.2 Å². The number of amides is 1. The molecule has 5 nitrogen and oxygen atoms in total. The third-order valence-corrected chi connectivity index (χ3v) is 4.53. The first-order valence-corrected chi connectivity index (χ1v) is 8.62. The molecular formula is C18H26N2O3. The van der Waals surface area contributed by atoms with Gasteiger partial charge in [0, 0.05) is 13.1 Å². The molecule has 1 atom stereocenters. The summed E-state index contributed by atoms with van der Waals surface area (Å²) in [6.07, 6.45) is 4.04. The van der Waals surface area contributed by atoms with Gasteiger partial charge in [0.15, 0.2) is 11.5 Å². The van der Waals surface area contributed by atoms with Crippen LogP contribution in [-0.2, 0) is 11.2 Å². The van der Waals surface area contributed by atoms with Gasteiger partial charge in [-0.05, 0) is 56.0 Å². The Kier molecular flexibility index (Phi) is 5.39. The highest BCUT2D eigenvalue weighted by Crippen LogP contribution is 2.32. The van der Waals surface area contributed by atoms with E-state index >= 15 is 0 Å². The van der Waals surface area contributed by atoms with Crippen LogP contribution in [0.1, 0.15) is 31.7 Å². The maximum atomic E-state index is 12.2. The lowest BCUT2D eigenvalue weighted by molar-refractivity contribution is -0.120. The Morgan fingerprint density at radius 2 is 2.22 bits per heavy atom. The van der Waals surface area contributed by atoms with Gasteiger partial charge in [-0.3, -0.25) is 4.79 Å². The third kappa shape index (κ3) is 4.38. The SMILES string of the molecule is CCCN1CCC[C@H](CNC(=O)Cc2ccc3c(c2)OCO3)C1. The Labute approximate surface area is 137 Å². The van der Waals surface area contributed by atoms with E-state index in [1.165, 1.54) is 32.4 Å². The molecule has 2 aliphatic rings. The molecule has 0 aliphatic carbocycles. The summed E-state index contributed by atoms with van der Waals surface area (Å²) in [4.78, 5) is 14.7. The van der Waals surface area contributed by atoms with Crippen LogP contribution in [0.4, 0.5) is 0 Å². The average molecular weight is 318 g/mol. The maximum absolute atomic E-state index is 12.2. The summed E-state index contributed by atoms with van der Waals surface area (Å²) in [6.45, 7) is 6.75. The maximum Gasteiger partial charge on any atom is 0.231 e. The summed E-state index contributed by atoms with van der Waals surface area (Å²) < 4.78 is 10.6. The molecular weight excluding hydrogens is 292 g/mol. The fourth-order valence-electron chi connectivity index (χ4n) is 3.39. The van der Waals surface area contributed by atoms with Crippen molar-refractivity contribution < 1.29 is 14.3 Å². The van der Waals surface area contributed by atoms with E-state index in [0.29, 0.717) is 12.3 Å². The Hall–Kier alpha value is -1.75. The van der Waals surface area contributed by atoms with Gasteiger partial charge in [-0.25, -0.2) is 0 Å². The Morgan fingerprint density at radius 3 is 3.09 bits per heavy atom. The molecule has 5 heteroatoms. The number of carbonyl (C=O) groups is 1. The summed E-state index contributed by atoms with van der Waals surface area (Å²) in [5.41, 5.74) is 0.961. The van der Waals surface area contributed by atoms with E-state index in [4.69, 9.17) is 9.47 Å². The second-order valence-corrected chi connectivity index (χ2v) is 6.48. The lowest BCUT2D eigenvalue weighted by atomic mass is 9.97. The predicted molar refractivity (Wildman–Crippen MR) is 88.7 cm³/mol. The van der Waals surface area contributed by atoms with Crippen molar-refractivity contribution in [2.75, 3.05) is 33.0 Å². The van der Waals surface area contributed by atoms with E-state index in [9.17, 15) is 4.79 Å². The lowest BCUT2D eigenvalue weighted by Gasteiger charge is -2.32. The molecule has 1 aromatic rings. The molecule has 0 saturated carbocycles. The largest absolute Gasteiger partial charge is 0.454 e. The van der Waals surface area contributed by atoms with Crippen LogP contribution in [-0.4, -0.2) is 43.8 Å². The highest BCUT2D eigenvalue weighted by molar-refractivity contribution is 5.78. The summed E-state index contributed by atoms with van der Waals surface area (Å²) in [5, 5.41) is 3.09. The standard InChI is InChI=1S/C18H26N2O3/c1-2-7-20-8-3-4-15(12-20)11-19-18(21)10-14-5-6-16-17(9-14)23-13-22-16/h5-6,9,15H,2-4,7-8,10-13H2,1H3,(H,19,21)/t15-/m1/s1. The van der Waals surface area contributed by atoms with E-state index in [1.807, 2.05) is 18.2 Å². The van der Waals surface area contributed by atoms with Crippen LogP contribution in [0, 0.1) is 5.92 Å². The Bertz CT molecular complexity index is 545. The predicted octanol–water partition coefficient (Wildman–Crippen LogP) is 2.20. The van der Waals surface area contributed by atoms with Gasteiger partial charge in [-0.1, -0.05) is 13.0 Å². The van der Waals surface area contributed by atoms with Gasteiger partial charge in [0.05, 0.1) is 6.42 Å². The molecule has 0 bridgehead atoms. The molecule has 2 heterocycles. The lowest BCUT2D eigenvalue weighted by Crippen LogP contribution is -2.41. The topological polar surface area (TPSA) is 50.8 Å². The van der Waals surface area contributed by atoms with Gasteiger partial charge in [0.25, 0.3) is 0 Å². The van der Waals surface area contributed by atoms with Crippen LogP contribution < -0.4 is 14.8 Å². The molecule has 0 spiro atoms. The first-order valence-electron chi connectivity index (χ1n) is 8.62. The fraction of sp³-hybridized carbons (Fsp3) is 0.611. The molecule has 1 fully saturated rings. The quantitative estimate of drug-likeness (QED) is 0.873. The minimum Gasteiger partial charge on any atom is -0.454 e. The second-order valence-electron chi connectivity index (χ2n) is 6.48. The summed E-state index contributed by atoms with van der Waals surface area (Å²) in [6, 6.07) is 5.69. The van der Waals surface area contributed by atoms with Gasteiger partial charge in [0.1, 0.15) is 0 Å². The molecule has 0 aromatic heterocycles. The number of fused-ring (bicyclic) bond motifs is 1. The normalized spacial score (nSPS) is 20.5. The van der Waals surface area contributed by atoms with Crippen molar-refractivity contribution in [1.29, 1.82) is 0 Å². The number of hydrogen-bond acceptors (Lipinski definition) is 4. The van der Waals surface area contributed by atoms with E-state index in [2.05, 4.69) is 17.1 Å². The van der Waals surface area contributed by atoms with Crippen LogP contribution in [0.5, 0.6) is 11.5 Å². The highest BCUT2D eigenvalue weighted by Gasteiger charge is 2.20. The number of nitrogens with zero attached hydrogens (tertiary/aromatic N) is 1. The van der Waals surface area contributed by atoms with Gasteiger partial charge < -0.3 is 19.7 Å². The van der Waals surface area contributed by atoms with Crippen molar-refractivity contribution in [2.45, 2.75) is 32.6 Å². The molecule has 23 heavy (non-hydrogen) atoms. The number of hydrogen-bond donors (Lipinski definition) is 1. The zero-order chi connectivity index (χ0) is 16.1. The van der Waals surface area contributed by atoms with Crippen LogP contribution in [0.3, 0.4) is 0 Å². The molecule has 3 rings (SSSR count). The number of ether oxygens (including phenoxy) is 2. The molecule has 1 aromatic carbocycles. The van der Waals surface area contributed by atoms with Crippen molar-refractivity contribution in [3.63, 3.8) is 0 Å². The number of likely N-dealkylation sites (tertiary alicyclic amines) is 1. The smallest absolute Gasteiger partial charge is 0.231 e. The van der Waals surface area contributed by atoms with E-state index < -0.39 is 0 Å². The van der Waals surface area contributed by atoms with E-state index in [1.54, 1.807) is 0 Å². The number of carbonyl (C=O) groups excluding carboxylic acids is 1. The zero-order valence-electron chi connectivity index (χ0n) is 13.8. The Balaban J connectivity index is 1.44. The highest BCUT2D eigenvalue weighted by atomic mass is 16.7. The average Bonchev–Trinajstić information content (AvgIpc) is 3.01. The molecule has 1 saturated heterocycles. The third-order valence-electron chi connectivity index (χ3n) is 4.53. The molecule has 0 unspecified atom stereocenters. The van der Waals surface area contributed by atoms with Gasteiger partial charge in [-0.2, -0.15) is 0 Å². The number of benzene rings is 1. The number of nitrogens with one attached hydrogen (secondary N) is 1. The first kappa shape index (κ1) is 16.1. The van der Waals surface area contributed by atoms with Gasteiger partial charge >= 0.3 is 0 Å². The first-order chi connectivity index (χ1) is 11.2. The minimum absolute atomic E-state index is 0.0801. The molecule has 126 valence electrons. The van der Waals surface area contributed by atoms with E-state index in [-0.39, 0.29) is 12.7 Å². The summed E-state index contributed by atoms with van der Waals surface area (Å²) in [5.74, 6) is 2.15. The molecule has 1 amide bonds. The monoisotopic (exact) mass is 318 g/mol. The molecule has 0 radical (unpaired) electrons.